The standard InChI is InChI=1S/C13H15N3O5/c17-11(18)3-1-10(2-4-12(19)20)15-16-13(21)9-5-7-14-8-6-9/h5-8H,1-4H2,(H,16,21)(H,17,18)(H,19,20). The summed E-state index contributed by atoms with van der Waals surface area (Å²) in [5.74, 6) is -2.50. The first-order valence-electron chi connectivity index (χ1n) is 6.18. The van der Waals surface area contributed by atoms with Gasteiger partial charge in [-0.25, -0.2) is 5.43 Å². The van der Waals surface area contributed by atoms with Gasteiger partial charge in [-0.1, -0.05) is 0 Å². The Kier molecular flexibility index (Phi) is 6.52. The lowest BCUT2D eigenvalue weighted by atomic mass is 10.1. The van der Waals surface area contributed by atoms with Crippen LogP contribution in [-0.2, 0) is 9.59 Å². The van der Waals surface area contributed by atoms with Crippen LogP contribution in [0.2, 0.25) is 0 Å². The van der Waals surface area contributed by atoms with Gasteiger partial charge in [0, 0.05) is 23.7 Å². The minimum Gasteiger partial charge on any atom is -0.481 e. The molecule has 0 unspecified atom stereocenters. The summed E-state index contributed by atoms with van der Waals surface area (Å²) in [6.45, 7) is 0. The SMILES string of the molecule is O=C(O)CCC(CCC(=O)O)=NNC(=O)c1ccncc1. The van der Waals surface area contributed by atoms with Gasteiger partial charge in [0.05, 0.1) is 12.8 Å². The number of carbonyl (C=O) groups is 3. The van der Waals surface area contributed by atoms with E-state index in [1.54, 1.807) is 0 Å². The van der Waals surface area contributed by atoms with Crippen LogP contribution in [0.3, 0.4) is 0 Å². The molecule has 1 aromatic heterocycles. The van der Waals surface area contributed by atoms with Crippen molar-refractivity contribution in [2.75, 3.05) is 0 Å². The van der Waals surface area contributed by atoms with E-state index in [2.05, 4.69) is 15.5 Å². The average Bonchev–Trinajstić information content (AvgIpc) is 2.46. The molecule has 112 valence electrons. The van der Waals surface area contributed by atoms with E-state index >= 15 is 0 Å². The van der Waals surface area contributed by atoms with Gasteiger partial charge in [0.2, 0.25) is 0 Å². The highest BCUT2D eigenvalue weighted by Gasteiger charge is 2.09. The van der Waals surface area contributed by atoms with Crippen molar-refractivity contribution in [3.63, 3.8) is 0 Å². The number of amides is 1. The zero-order chi connectivity index (χ0) is 15.7. The first-order valence-corrected chi connectivity index (χ1v) is 6.18. The summed E-state index contributed by atoms with van der Waals surface area (Å²) in [6, 6.07) is 3.00. The van der Waals surface area contributed by atoms with Crippen LogP contribution in [0.5, 0.6) is 0 Å². The molecule has 0 aliphatic carbocycles. The minimum atomic E-state index is -1.02. The number of hydrogen-bond donors (Lipinski definition) is 3. The Labute approximate surface area is 120 Å². The number of nitrogens with zero attached hydrogens (tertiary/aromatic N) is 2. The molecule has 0 saturated carbocycles. The quantitative estimate of drug-likeness (QED) is 0.482. The normalized spacial score (nSPS) is 9.71. The molecular weight excluding hydrogens is 278 g/mol. The third-order valence-corrected chi connectivity index (χ3v) is 2.51. The first-order chi connectivity index (χ1) is 9.99. The predicted octanol–water partition coefficient (Wildman–Crippen LogP) is 0.897. The van der Waals surface area contributed by atoms with E-state index in [4.69, 9.17) is 10.2 Å². The second-order valence-corrected chi connectivity index (χ2v) is 4.14. The summed E-state index contributed by atoms with van der Waals surface area (Å²) in [4.78, 5) is 36.6. The third-order valence-electron chi connectivity index (χ3n) is 2.51. The van der Waals surface area contributed by atoms with Gasteiger partial charge < -0.3 is 10.2 Å². The molecule has 0 radical (unpaired) electrons. The number of hydrazone groups is 1. The molecule has 0 aliphatic rings. The van der Waals surface area contributed by atoms with Crippen LogP contribution in [0.25, 0.3) is 0 Å². The third kappa shape index (κ3) is 6.81. The van der Waals surface area contributed by atoms with Crippen LogP contribution in [0, 0.1) is 0 Å². The number of nitrogens with one attached hydrogen (secondary N) is 1. The lowest BCUT2D eigenvalue weighted by molar-refractivity contribution is -0.137. The highest BCUT2D eigenvalue weighted by molar-refractivity contribution is 5.96. The zero-order valence-electron chi connectivity index (χ0n) is 11.2. The molecule has 0 spiro atoms. The van der Waals surface area contributed by atoms with E-state index in [1.807, 2.05) is 0 Å². The Hall–Kier alpha value is -2.77. The second kappa shape index (κ2) is 8.41. The van der Waals surface area contributed by atoms with Crippen LogP contribution in [0.4, 0.5) is 0 Å². The summed E-state index contributed by atoms with van der Waals surface area (Å²) in [5.41, 5.74) is 2.95. The van der Waals surface area contributed by atoms with E-state index < -0.39 is 17.8 Å². The van der Waals surface area contributed by atoms with Gasteiger partial charge in [0.25, 0.3) is 5.91 Å². The van der Waals surface area contributed by atoms with Crippen molar-refractivity contribution >= 4 is 23.6 Å². The number of hydrogen-bond acceptors (Lipinski definition) is 5. The lowest BCUT2D eigenvalue weighted by Gasteiger charge is -2.05. The molecule has 0 atom stereocenters. The molecule has 21 heavy (non-hydrogen) atoms. The fourth-order valence-corrected chi connectivity index (χ4v) is 1.44. The monoisotopic (exact) mass is 293 g/mol. The Balaban J connectivity index is 2.65. The molecule has 0 aromatic carbocycles. The molecule has 1 amide bonds. The van der Waals surface area contributed by atoms with Gasteiger partial charge in [-0.15, -0.1) is 0 Å². The molecule has 0 aliphatic heterocycles. The Morgan fingerprint density at radius 2 is 1.52 bits per heavy atom. The molecule has 0 saturated heterocycles. The van der Waals surface area contributed by atoms with Crippen molar-refractivity contribution in [3.8, 4) is 0 Å². The molecule has 3 N–H and O–H groups in total. The first kappa shape index (κ1) is 16.3. The fraction of sp³-hybridized carbons (Fsp3) is 0.308. The molecule has 1 rings (SSSR count). The van der Waals surface area contributed by atoms with Crippen molar-refractivity contribution < 1.29 is 24.6 Å². The Bertz CT molecular complexity index is 522. The van der Waals surface area contributed by atoms with Crippen LogP contribution < -0.4 is 5.43 Å². The number of carboxylic acids is 2. The number of pyridine rings is 1. The van der Waals surface area contributed by atoms with Crippen LogP contribution >= 0.6 is 0 Å². The number of rotatable bonds is 8. The molecule has 1 aromatic rings. The van der Waals surface area contributed by atoms with E-state index in [1.165, 1.54) is 24.5 Å². The molecule has 1 heterocycles. The molecule has 8 nitrogen and oxygen atoms in total. The topological polar surface area (TPSA) is 129 Å². The number of aromatic nitrogens is 1. The molecule has 8 heteroatoms. The summed E-state index contributed by atoms with van der Waals surface area (Å²) in [6.07, 6.45) is 2.72. The summed E-state index contributed by atoms with van der Waals surface area (Å²) in [5, 5.41) is 21.1. The van der Waals surface area contributed by atoms with E-state index in [0.29, 0.717) is 11.3 Å². The van der Waals surface area contributed by atoms with Crippen molar-refractivity contribution in [1.29, 1.82) is 0 Å². The maximum absolute atomic E-state index is 11.7. The maximum atomic E-state index is 11.7. The second-order valence-electron chi connectivity index (χ2n) is 4.14. The van der Waals surface area contributed by atoms with Gasteiger partial charge in [0.1, 0.15) is 0 Å². The molecular formula is C13H15N3O5. The van der Waals surface area contributed by atoms with E-state index in [0.717, 1.165) is 0 Å². The maximum Gasteiger partial charge on any atom is 0.303 e. The number of aliphatic carboxylic acids is 2. The molecule has 0 fully saturated rings. The summed E-state index contributed by atoms with van der Waals surface area (Å²) in [7, 11) is 0. The zero-order valence-corrected chi connectivity index (χ0v) is 11.2. The fourth-order valence-electron chi connectivity index (χ4n) is 1.44. The van der Waals surface area contributed by atoms with Crippen LogP contribution in [0.1, 0.15) is 36.0 Å². The Morgan fingerprint density at radius 1 is 1.00 bits per heavy atom. The van der Waals surface area contributed by atoms with Gasteiger partial charge in [-0.05, 0) is 25.0 Å². The lowest BCUT2D eigenvalue weighted by Crippen LogP contribution is -2.20. The van der Waals surface area contributed by atoms with Crippen molar-refractivity contribution in [1.82, 2.24) is 10.4 Å². The van der Waals surface area contributed by atoms with E-state index in [-0.39, 0.29) is 25.7 Å². The van der Waals surface area contributed by atoms with Gasteiger partial charge >= 0.3 is 11.9 Å². The van der Waals surface area contributed by atoms with Gasteiger partial charge in [0.15, 0.2) is 0 Å². The highest BCUT2D eigenvalue weighted by atomic mass is 16.4. The Morgan fingerprint density at radius 3 is 2.00 bits per heavy atom. The van der Waals surface area contributed by atoms with Crippen molar-refractivity contribution in [2.24, 2.45) is 5.10 Å². The van der Waals surface area contributed by atoms with Crippen LogP contribution in [0.15, 0.2) is 29.6 Å². The average molecular weight is 293 g/mol. The molecule has 0 bridgehead atoms. The predicted molar refractivity (Wildman–Crippen MR) is 72.9 cm³/mol. The summed E-state index contributed by atoms with van der Waals surface area (Å²) < 4.78 is 0. The van der Waals surface area contributed by atoms with Gasteiger partial charge in [-0.2, -0.15) is 5.10 Å². The smallest absolute Gasteiger partial charge is 0.303 e. The van der Waals surface area contributed by atoms with E-state index in [9.17, 15) is 14.4 Å². The largest absolute Gasteiger partial charge is 0.481 e. The van der Waals surface area contributed by atoms with Gasteiger partial charge in [-0.3, -0.25) is 19.4 Å². The van der Waals surface area contributed by atoms with Crippen molar-refractivity contribution in [2.45, 2.75) is 25.7 Å². The van der Waals surface area contributed by atoms with Crippen molar-refractivity contribution in [3.05, 3.63) is 30.1 Å². The minimum absolute atomic E-state index is 0.0826. The summed E-state index contributed by atoms with van der Waals surface area (Å²) >= 11 is 0. The highest BCUT2D eigenvalue weighted by Crippen LogP contribution is 2.02. The van der Waals surface area contributed by atoms with Crippen LogP contribution in [-0.4, -0.2) is 38.8 Å². The number of carboxylic acid groups (broad SMARTS) is 2. The number of carbonyl (C=O) groups excluding carboxylic acids is 1.